The number of hydrogen-bond donors (Lipinski definition) is 2. The number of fused-ring (bicyclic) bond motifs is 1. The van der Waals surface area contributed by atoms with Crippen molar-refractivity contribution in [2.45, 2.75) is 13.1 Å². The number of ether oxygens (including phenoxy) is 1. The van der Waals surface area contributed by atoms with Crippen molar-refractivity contribution in [2.75, 3.05) is 12.4 Å². The molecule has 1 aromatic heterocycles. The van der Waals surface area contributed by atoms with Crippen LogP contribution in [0.25, 0.3) is 0 Å². The van der Waals surface area contributed by atoms with E-state index in [4.69, 9.17) is 16.7 Å². The van der Waals surface area contributed by atoms with E-state index < -0.39 is 12.1 Å². The molecule has 0 atom stereocenters. The fraction of sp³-hybridized carbons (Fsp3) is 0.200. The van der Waals surface area contributed by atoms with Crippen LogP contribution < -0.4 is 5.32 Å². The highest BCUT2D eigenvalue weighted by atomic mass is 35.5. The summed E-state index contributed by atoms with van der Waals surface area (Å²) in [5.74, 6) is -0.639. The Bertz CT molecular complexity index is 827. The lowest BCUT2D eigenvalue weighted by atomic mass is 10.1. The maximum absolute atomic E-state index is 11.8. The number of esters is 1. The summed E-state index contributed by atoms with van der Waals surface area (Å²) in [6.07, 6.45) is -0.959. The average molecular weight is 349 g/mol. The lowest BCUT2D eigenvalue weighted by molar-refractivity contribution is 0.0594. The van der Waals surface area contributed by atoms with Gasteiger partial charge in [-0.25, -0.2) is 9.59 Å². The number of hydrogen-bond acceptors (Lipinski definition) is 6. The molecule has 0 aliphatic carbocycles. The fourth-order valence-electron chi connectivity index (χ4n) is 2.47. The van der Waals surface area contributed by atoms with Gasteiger partial charge in [0.05, 0.1) is 12.8 Å². The number of nitrogens with one attached hydrogen (secondary N) is 1. The number of rotatable bonds is 3. The smallest absolute Gasteiger partial charge is 0.407 e. The Morgan fingerprint density at radius 1 is 1.25 bits per heavy atom. The number of carbonyl (C=O) groups excluding carboxylic acids is 1. The van der Waals surface area contributed by atoms with Crippen LogP contribution in [-0.2, 0) is 17.8 Å². The molecule has 0 radical (unpaired) electrons. The Kier molecular flexibility index (Phi) is 4.22. The average Bonchev–Trinajstić information content (AvgIpc) is 2.98. The minimum atomic E-state index is -0.959. The highest BCUT2D eigenvalue weighted by Gasteiger charge is 2.23. The third kappa shape index (κ3) is 3.09. The molecular formula is C15H13ClN4O4. The second kappa shape index (κ2) is 6.32. The second-order valence-electron chi connectivity index (χ2n) is 5.17. The number of carboxylic acid groups (broad SMARTS) is 1. The molecule has 1 aliphatic heterocycles. The largest absolute Gasteiger partial charge is 0.465 e. The molecule has 0 saturated carbocycles. The van der Waals surface area contributed by atoms with Gasteiger partial charge in [-0.1, -0.05) is 17.7 Å². The molecule has 2 aromatic rings. The van der Waals surface area contributed by atoms with E-state index in [9.17, 15) is 9.59 Å². The van der Waals surface area contributed by atoms with E-state index >= 15 is 0 Å². The van der Waals surface area contributed by atoms with Gasteiger partial charge in [0.2, 0.25) is 0 Å². The van der Waals surface area contributed by atoms with Crippen LogP contribution in [0.2, 0.25) is 5.15 Å². The quantitative estimate of drug-likeness (QED) is 0.821. The van der Waals surface area contributed by atoms with Crippen molar-refractivity contribution < 1.29 is 19.4 Å². The molecule has 0 saturated heterocycles. The number of nitrogens with zero attached hydrogens (tertiary/aromatic N) is 3. The van der Waals surface area contributed by atoms with Crippen LogP contribution >= 0.6 is 11.6 Å². The van der Waals surface area contributed by atoms with Gasteiger partial charge in [0.1, 0.15) is 0 Å². The summed E-state index contributed by atoms with van der Waals surface area (Å²) < 4.78 is 4.67. The van der Waals surface area contributed by atoms with Gasteiger partial charge in [0.25, 0.3) is 0 Å². The molecular weight excluding hydrogens is 336 g/mol. The summed E-state index contributed by atoms with van der Waals surface area (Å²) in [6, 6.07) is 6.93. The lowest BCUT2D eigenvalue weighted by Crippen LogP contribution is -2.22. The van der Waals surface area contributed by atoms with E-state index in [2.05, 4.69) is 20.3 Å². The van der Waals surface area contributed by atoms with Gasteiger partial charge in [0, 0.05) is 24.8 Å². The molecule has 2 N–H and O–H groups in total. The molecule has 124 valence electrons. The van der Waals surface area contributed by atoms with Crippen molar-refractivity contribution in [3.63, 3.8) is 0 Å². The van der Waals surface area contributed by atoms with E-state index in [0.717, 1.165) is 11.1 Å². The first kappa shape index (κ1) is 16.0. The minimum absolute atomic E-state index is 0.00885. The predicted octanol–water partition coefficient (Wildman–Crippen LogP) is 2.65. The first-order chi connectivity index (χ1) is 11.5. The summed E-state index contributed by atoms with van der Waals surface area (Å²) in [5.41, 5.74) is 2.89. The van der Waals surface area contributed by atoms with Gasteiger partial charge in [-0.2, -0.15) is 0 Å². The number of anilines is 2. The number of amides is 1. The Morgan fingerprint density at radius 2 is 2.00 bits per heavy atom. The molecule has 0 spiro atoms. The predicted molar refractivity (Wildman–Crippen MR) is 85.4 cm³/mol. The van der Waals surface area contributed by atoms with Crippen molar-refractivity contribution in [2.24, 2.45) is 0 Å². The minimum Gasteiger partial charge on any atom is -0.465 e. The third-order valence-corrected chi connectivity index (χ3v) is 3.81. The summed E-state index contributed by atoms with van der Waals surface area (Å²) in [7, 11) is 1.25. The van der Waals surface area contributed by atoms with Gasteiger partial charge < -0.3 is 15.2 Å². The van der Waals surface area contributed by atoms with Gasteiger partial charge in [0.15, 0.2) is 10.8 Å². The molecule has 0 unspecified atom stereocenters. The van der Waals surface area contributed by atoms with Crippen molar-refractivity contribution in [3.05, 3.63) is 46.2 Å². The number of benzene rings is 1. The fourth-order valence-corrected chi connectivity index (χ4v) is 2.62. The van der Waals surface area contributed by atoms with Crippen LogP contribution in [-0.4, -0.2) is 39.4 Å². The topological polar surface area (TPSA) is 105 Å². The van der Waals surface area contributed by atoms with Crippen molar-refractivity contribution in [1.82, 2.24) is 15.1 Å². The molecule has 1 aromatic carbocycles. The first-order valence-corrected chi connectivity index (χ1v) is 7.34. The molecule has 0 fully saturated rings. The van der Waals surface area contributed by atoms with Gasteiger partial charge in [-0.15, -0.1) is 10.2 Å². The van der Waals surface area contributed by atoms with Crippen LogP contribution in [0.4, 0.5) is 16.2 Å². The van der Waals surface area contributed by atoms with Gasteiger partial charge in [-0.05, 0) is 23.3 Å². The normalized spacial score (nSPS) is 12.7. The molecule has 24 heavy (non-hydrogen) atoms. The Balaban J connectivity index is 1.88. The van der Waals surface area contributed by atoms with Crippen molar-refractivity contribution >= 4 is 35.0 Å². The maximum Gasteiger partial charge on any atom is 0.407 e. The van der Waals surface area contributed by atoms with Crippen LogP contribution in [0.1, 0.15) is 21.6 Å². The van der Waals surface area contributed by atoms with Crippen LogP contribution in [0.5, 0.6) is 0 Å². The number of aromatic nitrogens is 2. The molecule has 2 heterocycles. The zero-order valence-electron chi connectivity index (χ0n) is 12.6. The number of methoxy groups -OCH3 is 1. The van der Waals surface area contributed by atoms with Crippen molar-refractivity contribution in [1.29, 1.82) is 0 Å². The molecule has 1 amide bonds. The van der Waals surface area contributed by atoms with E-state index in [-0.39, 0.29) is 10.8 Å². The summed E-state index contributed by atoms with van der Waals surface area (Å²) in [6.45, 7) is 0.681. The van der Waals surface area contributed by atoms with Crippen LogP contribution in [0.3, 0.4) is 0 Å². The maximum atomic E-state index is 11.8. The standard InChI is InChI=1S/C15H13ClN4O4/c1-24-14(21)13-11(5-12(16)18-19-13)17-10-3-2-8-6-20(15(22)23)7-9(8)4-10/h2-5H,6-7H2,1H3,(H,17,18)(H,22,23). The van der Waals surface area contributed by atoms with E-state index in [1.54, 1.807) is 6.07 Å². The van der Waals surface area contributed by atoms with Gasteiger partial charge in [-0.3, -0.25) is 4.90 Å². The zero-order valence-corrected chi connectivity index (χ0v) is 13.4. The SMILES string of the molecule is COC(=O)c1nnc(Cl)cc1Nc1ccc2c(c1)CN(C(=O)O)C2. The van der Waals surface area contributed by atoms with Crippen molar-refractivity contribution in [3.8, 4) is 0 Å². The molecule has 1 aliphatic rings. The van der Waals surface area contributed by atoms with E-state index in [1.165, 1.54) is 18.1 Å². The Morgan fingerprint density at radius 3 is 2.71 bits per heavy atom. The first-order valence-electron chi connectivity index (χ1n) is 6.96. The van der Waals surface area contributed by atoms with Crippen LogP contribution in [0.15, 0.2) is 24.3 Å². The Labute approximate surface area is 142 Å². The highest BCUT2D eigenvalue weighted by molar-refractivity contribution is 6.29. The third-order valence-electron chi connectivity index (χ3n) is 3.62. The lowest BCUT2D eigenvalue weighted by Gasteiger charge is -2.11. The summed E-state index contributed by atoms with van der Waals surface area (Å²) in [5, 5.41) is 19.6. The summed E-state index contributed by atoms with van der Waals surface area (Å²) in [4.78, 5) is 24.1. The monoisotopic (exact) mass is 348 g/mol. The molecule has 0 bridgehead atoms. The van der Waals surface area contributed by atoms with Gasteiger partial charge >= 0.3 is 12.1 Å². The number of halogens is 1. The molecule has 9 heteroatoms. The van der Waals surface area contributed by atoms with E-state index in [1.807, 2.05) is 12.1 Å². The second-order valence-corrected chi connectivity index (χ2v) is 5.56. The van der Waals surface area contributed by atoms with E-state index in [0.29, 0.717) is 24.5 Å². The highest BCUT2D eigenvalue weighted by Crippen LogP contribution is 2.28. The zero-order chi connectivity index (χ0) is 17.3. The molecule has 3 rings (SSSR count). The molecule has 8 nitrogen and oxygen atoms in total. The summed E-state index contributed by atoms with van der Waals surface area (Å²) >= 11 is 5.84. The number of carbonyl (C=O) groups is 2. The Hall–Kier alpha value is -2.87. The van der Waals surface area contributed by atoms with Crippen LogP contribution in [0, 0.1) is 0 Å².